The summed E-state index contributed by atoms with van der Waals surface area (Å²) < 4.78 is 19.0. The van der Waals surface area contributed by atoms with Crippen LogP contribution in [0, 0.1) is 0 Å². The summed E-state index contributed by atoms with van der Waals surface area (Å²) in [5.41, 5.74) is 0. The lowest BCUT2D eigenvalue weighted by Gasteiger charge is -2.42. The largest absolute Gasteiger partial charge is 0.491 e. The van der Waals surface area contributed by atoms with Gasteiger partial charge in [0.1, 0.15) is 37.4 Å². The molecule has 0 aliphatic rings. The van der Waals surface area contributed by atoms with E-state index in [1.165, 1.54) is 0 Å². The maximum atomic E-state index is 6.22. The van der Waals surface area contributed by atoms with Crippen molar-refractivity contribution in [3.8, 4) is 11.5 Å². The number of ether oxygens (including phenoxy) is 3. The van der Waals surface area contributed by atoms with Crippen LogP contribution in [0.3, 0.4) is 0 Å². The molecule has 0 N–H and O–H groups in total. The Labute approximate surface area is 170 Å². The Balaban J connectivity index is 1.92. The second kappa shape index (κ2) is 11.1. The molecule has 0 unspecified atom stereocenters. The highest BCUT2D eigenvalue weighted by Crippen LogP contribution is 2.16. The Morgan fingerprint density at radius 2 is 1.14 bits per heavy atom. The molecule has 0 heterocycles. The van der Waals surface area contributed by atoms with E-state index in [-0.39, 0.29) is 6.10 Å². The van der Waals surface area contributed by atoms with Crippen LogP contribution in [0.5, 0.6) is 11.5 Å². The Morgan fingerprint density at radius 3 is 1.54 bits per heavy atom. The predicted molar refractivity (Wildman–Crippen MR) is 115 cm³/mol. The van der Waals surface area contributed by atoms with Crippen molar-refractivity contribution in [1.82, 2.24) is 0 Å². The highest BCUT2D eigenvalue weighted by molar-refractivity contribution is 5.21. The van der Waals surface area contributed by atoms with Gasteiger partial charge in [-0.2, -0.15) is 0 Å². The van der Waals surface area contributed by atoms with E-state index in [0.717, 1.165) is 22.5 Å². The summed E-state index contributed by atoms with van der Waals surface area (Å²) in [5.74, 6) is 1.70. The fraction of sp³-hybridized carbons (Fsp3) is 0.500. The smallest absolute Gasteiger partial charge is 0.126 e. The summed E-state index contributed by atoms with van der Waals surface area (Å²) in [6, 6.07) is 20.8. The number of quaternary nitrogens is 1. The molecule has 4 heteroatoms. The summed E-state index contributed by atoms with van der Waals surface area (Å²) in [6.45, 7) is 11.6. The van der Waals surface area contributed by atoms with E-state index >= 15 is 0 Å². The Morgan fingerprint density at radius 1 is 0.714 bits per heavy atom. The van der Waals surface area contributed by atoms with E-state index in [9.17, 15) is 0 Å². The molecule has 0 spiro atoms. The molecule has 0 saturated heterocycles. The van der Waals surface area contributed by atoms with Crippen LogP contribution >= 0.6 is 0 Å². The van der Waals surface area contributed by atoms with E-state index in [1.54, 1.807) is 0 Å². The molecule has 0 fully saturated rings. The van der Waals surface area contributed by atoms with Gasteiger partial charge in [0, 0.05) is 0 Å². The van der Waals surface area contributed by atoms with Crippen molar-refractivity contribution in [2.75, 3.05) is 33.4 Å². The first-order chi connectivity index (χ1) is 13.4. The maximum Gasteiger partial charge on any atom is 0.126 e. The van der Waals surface area contributed by atoms with Crippen molar-refractivity contribution in [2.24, 2.45) is 0 Å². The highest BCUT2D eigenvalue weighted by Gasteiger charge is 2.29. The molecule has 0 amide bonds. The van der Waals surface area contributed by atoms with Crippen molar-refractivity contribution in [3.05, 3.63) is 60.7 Å². The van der Waals surface area contributed by atoms with E-state index in [1.807, 2.05) is 60.7 Å². The second-order valence-corrected chi connectivity index (χ2v) is 8.00. The third kappa shape index (κ3) is 6.84. The Hall–Kier alpha value is -2.04. The van der Waals surface area contributed by atoms with Gasteiger partial charge in [-0.25, -0.2) is 0 Å². The van der Waals surface area contributed by atoms with E-state index < -0.39 is 0 Å². The number of benzene rings is 2. The molecule has 2 aromatic rings. The van der Waals surface area contributed by atoms with Crippen LogP contribution in [0.25, 0.3) is 0 Å². The minimum atomic E-state index is -0.131. The van der Waals surface area contributed by atoms with Crippen LogP contribution in [0.15, 0.2) is 60.7 Å². The number of hydrogen-bond acceptors (Lipinski definition) is 3. The fourth-order valence-electron chi connectivity index (χ4n) is 3.08. The lowest BCUT2D eigenvalue weighted by Crippen LogP contribution is -2.56. The Bertz CT molecular complexity index is 607. The molecule has 0 aliphatic carbocycles. The topological polar surface area (TPSA) is 27.7 Å². The molecule has 4 nitrogen and oxygen atoms in total. The summed E-state index contributed by atoms with van der Waals surface area (Å²) in [7, 11) is 2.30. The van der Waals surface area contributed by atoms with Crippen molar-refractivity contribution >= 4 is 0 Å². The van der Waals surface area contributed by atoms with Crippen LogP contribution in [0.1, 0.15) is 27.7 Å². The Kier molecular flexibility index (Phi) is 8.81. The molecule has 154 valence electrons. The normalized spacial score (nSPS) is 12.0. The van der Waals surface area contributed by atoms with Gasteiger partial charge in [0.25, 0.3) is 0 Å². The number of likely N-dealkylation sites (N-methyl/N-ethyl adjacent to an activating group) is 1. The molecule has 2 rings (SSSR count). The van der Waals surface area contributed by atoms with Gasteiger partial charge in [-0.15, -0.1) is 0 Å². The van der Waals surface area contributed by atoms with Gasteiger partial charge in [0.05, 0.1) is 25.7 Å². The van der Waals surface area contributed by atoms with Crippen LogP contribution in [0.2, 0.25) is 0 Å². The highest BCUT2D eigenvalue weighted by atomic mass is 16.6. The van der Waals surface area contributed by atoms with Gasteiger partial charge in [-0.05, 0) is 52.0 Å². The number of nitrogens with zero attached hydrogens (tertiary/aromatic N) is 1. The van der Waals surface area contributed by atoms with Gasteiger partial charge < -0.3 is 18.7 Å². The first-order valence-electron chi connectivity index (χ1n) is 10.2. The van der Waals surface area contributed by atoms with Crippen molar-refractivity contribution in [1.29, 1.82) is 0 Å². The molecular weight excluding hydrogens is 350 g/mol. The molecule has 0 bridgehead atoms. The number of rotatable bonds is 12. The van der Waals surface area contributed by atoms with Crippen LogP contribution in [0.4, 0.5) is 0 Å². The summed E-state index contributed by atoms with van der Waals surface area (Å²) in [6.07, 6.45) is -0.131. The van der Waals surface area contributed by atoms with Crippen LogP contribution < -0.4 is 9.47 Å². The molecule has 0 atom stereocenters. The van der Waals surface area contributed by atoms with Gasteiger partial charge >= 0.3 is 0 Å². The molecule has 0 radical (unpaired) electrons. The third-order valence-corrected chi connectivity index (χ3v) is 5.64. The number of hydrogen-bond donors (Lipinski definition) is 0. The van der Waals surface area contributed by atoms with Crippen molar-refractivity contribution < 1.29 is 18.7 Å². The quantitative estimate of drug-likeness (QED) is 0.491. The average molecular weight is 387 g/mol. The predicted octanol–water partition coefficient (Wildman–Crippen LogP) is 4.79. The minimum Gasteiger partial charge on any atom is -0.491 e. The van der Waals surface area contributed by atoms with E-state index in [0.29, 0.717) is 31.9 Å². The molecule has 2 aromatic carbocycles. The van der Waals surface area contributed by atoms with Crippen molar-refractivity contribution in [3.63, 3.8) is 0 Å². The number of para-hydroxylation sites is 2. The van der Waals surface area contributed by atoms with Gasteiger partial charge in [-0.1, -0.05) is 36.4 Å². The van der Waals surface area contributed by atoms with E-state index in [4.69, 9.17) is 14.2 Å². The van der Waals surface area contributed by atoms with Gasteiger partial charge in [0.2, 0.25) is 0 Å². The van der Waals surface area contributed by atoms with Gasteiger partial charge in [0.15, 0.2) is 0 Å². The molecule has 0 aliphatic heterocycles. The zero-order chi connectivity index (χ0) is 20.4. The molecule has 0 saturated carbocycles. The molecular formula is C24H36NO3+. The molecule has 28 heavy (non-hydrogen) atoms. The molecule has 0 aromatic heterocycles. The zero-order valence-electron chi connectivity index (χ0n) is 18.0. The lowest BCUT2D eigenvalue weighted by molar-refractivity contribution is -0.949. The second-order valence-electron chi connectivity index (χ2n) is 8.00. The third-order valence-electron chi connectivity index (χ3n) is 5.64. The standard InChI is InChI=1S/C24H36NO3/c1-20(2)25(5,21(3)4)16-17-26-24(18-27-22-12-8-6-9-13-22)19-28-23-14-10-7-11-15-23/h6-15,20-21,24H,16-19H2,1-5H3/q+1. The average Bonchev–Trinajstić information content (AvgIpc) is 2.70. The summed E-state index contributed by atoms with van der Waals surface area (Å²) >= 11 is 0. The fourth-order valence-corrected chi connectivity index (χ4v) is 3.08. The first-order valence-corrected chi connectivity index (χ1v) is 10.2. The zero-order valence-corrected chi connectivity index (χ0v) is 18.0. The van der Waals surface area contributed by atoms with Gasteiger partial charge in [-0.3, -0.25) is 0 Å². The maximum absolute atomic E-state index is 6.22. The first kappa shape index (κ1) is 22.3. The van der Waals surface area contributed by atoms with Crippen LogP contribution in [-0.2, 0) is 4.74 Å². The monoisotopic (exact) mass is 386 g/mol. The SMILES string of the molecule is CC(C)[N+](C)(CCOC(COc1ccccc1)COc1ccccc1)C(C)C. The van der Waals surface area contributed by atoms with Crippen molar-refractivity contribution in [2.45, 2.75) is 45.9 Å². The lowest BCUT2D eigenvalue weighted by atomic mass is 10.1. The summed E-state index contributed by atoms with van der Waals surface area (Å²) in [5, 5.41) is 0. The summed E-state index contributed by atoms with van der Waals surface area (Å²) in [4.78, 5) is 0. The van der Waals surface area contributed by atoms with E-state index in [2.05, 4.69) is 34.7 Å². The minimum absolute atomic E-state index is 0.131. The van der Waals surface area contributed by atoms with Crippen LogP contribution in [-0.4, -0.2) is 56.1 Å².